The first kappa shape index (κ1) is 23.5. The zero-order chi connectivity index (χ0) is 21.9. The Morgan fingerprint density at radius 3 is 2.84 bits per heavy atom. The highest BCUT2D eigenvalue weighted by Gasteiger charge is 2.26. The number of halogens is 2. The fraction of sp³-hybridized carbons (Fsp3) is 0.682. The summed E-state index contributed by atoms with van der Waals surface area (Å²) in [6, 6.07) is 7.10. The van der Waals surface area contributed by atoms with E-state index >= 15 is 0 Å². The van der Waals surface area contributed by atoms with Gasteiger partial charge in [0.05, 0.1) is 5.69 Å². The quantitative estimate of drug-likeness (QED) is 0.331. The number of anilines is 1. The second kappa shape index (κ2) is 12.7. The largest absolute Gasteiger partial charge is 0.433 e. The fourth-order valence-electron chi connectivity index (χ4n) is 3.94. The Labute approximate surface area is 183 Å². The summed E-state index contributed by atoms with van der Waals surface area (Å²) in [7, 11) is 1.75. The third kappa shape index (κ3) is 7.81. The maximum absolute atomic E-state index is 12.7. The molecule has 0 aliphatic carbocycles. The summed E-state index contributed by atoms with van der Waals surface area (Å²) in [5.41, 5.74) is 0.691. The highest BCUT2D eigenvalue weighted by atomic mass is 19.3. The van der Waals surface area contributed by atoms with E-state index in [0.29, 0.717) is 18.2 Å². The molecular weight excluding hydrogens is 406 g/mol. The lowest BCUT2D eigenvalue weighted by molar-refractivity contribution is -0.0495. The monoisotopic (exact) mass is 440 g/mol. The van der Waals surface area contributed by atoms with Gasteiger partial charge in [-0.3, -0.25) is 4.99 Å². The molecule has 2 heterocycles. The van der Waals surface area contributed by atoms with Crippen LogP contribution in [0, 0.1) is 5.92 Å². The summed E-state index contributed by atoms with van der Waals surface area (Å²) < 4.78 is 41.2. The molecule has 2 N–H and O–H groups in total. The van der Waals surface area contributed by atoms with Gasteiger partial charge in [-0.25, -0.2) is 0 Å². The minimum Gasteiger partial charge on any atom is -0.433 e. The van der Waals surface area contributed by atoms with Crippen LogP contribution in [0.15, 0.2) is 29.3 Å². The van der Waals surface area contributed by atoms with E-state index in [1.807, 2.05) is 12.1 Å². The lowest BCUT2D eigenvalue weighted by atomic mass is 10.0. The number of alkyl halides is 2. The van der Waals surface area contributed by atoms with E-state index < -0.39 is 6.61 Å². The SMILES string of the molecule is CN=C(NCCCOCC1CCOCC1)NC1CCN(c2ccccc2OC(F)F)C1. The highest BCUT2D eigenvalue weighted by molar-refractivity contribution is 5.80. The van der Waals surface area contributed by atoms with Gasteiger partial charge in [0, 0.05) is 59.2 Å². The Bertz CT molecular complexity index is 686. The summed E-state index contributed by atoms with van der Waals surface area (Å²) >= 11 is 0. The van der Waals surface area contributed by atoms with Crippen LogP contribution in [0.2, 0.25) is 0 Å². The van der Waals surface area contributed by atoms with Crippen molar-refractivity contribution in [3.8, 4) is 5.75 Å². The molecule has 0 saturated carbocycles. The molecular formula is C22H34F2N4O3. The minimum atomic E-state index is -2.83. The average Bonchev–Trinajstić information content (AvgIpc) is 3.24. The van der Waals surface area contributed by atoms with Crippen LogP contribution in [0.4, 0.5) is 14.5 Å². The Morgan fingerprint density at radius 1 is 1.26 bits per heavy atom. The van der Waals surface area contributed by atoms with E-state index in [1.165, 1.54) is 0 Å². The van der Waals surface area contributed by atoms with Gasteiger partial charge in [-0.2, -0.15) is 8.78 Å². The van der Waals surface area contributed by atoms with E-state index in [1.54, 1.807) is 19.2 Å². The van der Waals surface area contributed by atoms with E-state index in [4.69, 9.17) is 9.47 Å². The van der Waals surface area contributed by atoms with Gasteiger partial charge in [0.15, 0.2) is 5.96 Å². The van der Waals surface area contributed by atoms with Crippen molar-refractivity contribution >= 4 is 11.6 Å². The molecule has 174 valence electrons. The van der Waals surface area contributed by atoms with Crippen molar-refractivity contribution < 1.29 is 23.0 Å². The molecule has 2 fully saturated rings. The summed E-state index contributed by atoms with van der Waals surface area (Å²) in [5.74, 6) is 1.58. The lowest BCUT2D eigenvalue weighted by Crippen LogP contribution is -2.45. The number of aliphatic imine (C=N–C) groups is 1. The Morgan fingerprint density at radius 2 is 2.06 bits per heavy atom. The number of ether oxygens (including phenoxy) is 3. The van der Waals surface area contributed by atoms with Gasteiger partial charge in [0.25, 0.3) is 0 Å². The molecule has 0 bridgehead atoms. The minimum absolute atomic E-state index is 0.176. The number of guanidine groups is 1. The molecule has 0 spiro atoms. The Kier molecular flexibility index (Phi) is 9.61. The maximum Gasteiger partial charge on any atom is 0.387 e. The Hall–Kier alpha value is -2.13. The predicted molar refractivity (Wildman–Crippen MR) is 117 cm³/mol. The molecule has 1 atom stereocenters. The molecule has 1 unspecified atom stereocenters. The van der Waals surface area contributed by atoms with Crippen LogP contribution in [0.1, 0.15) is 25.7 Å². The number of rotatable bonds is 10. The van der Waals surface area contributed by atoms with Crippen LogP contribution < -0.4 is 20.3 Å². The molecule has 0 amide bonds. The number of para-hydroxylation sites is 2. The first-order chi connectivity index (χ1) is 15.2. The second-order valence-corrected chi connectivity index (χ2v) is 7.91. The molecule has 9 heteroatoms. The van der Waals surface area contributed by atoms with Crippen LogP contribution in [-0.2, 0) is 9.47 Å². The molecule has 31 heavy (non-hydrogen) atoms. The Balaban J connectivity index is 1.35. The summed E-state index contributed by atoms with van der Waals surface area (Å²) in [5, 5.41) is 6.75. The van der Waals surface area contributed by atoms with Gasteiger partial charge < -0.3 is 29.7 Å². The van der Waals surface area contributed by atoms with Crippen LogP contribution >= 0.6 is 0 Å². The fourth-order valence-corrected chi connectivity index (χ4v) is 3.94. The topological polar surface area (TPSA) is 67.4 Å². The van der Waals surface area contributed by atoms with Crippen molar-refractivity contribution in [2.75, 3.05) is 58.0 Å². The summed E-state index contributed by atoms with van der Waals surface area (Å²) in [6.07, 6.45) is 3.97. The molecule has 0 radical (unpaired) electrons. The zero-order valence-corrected chi connectivity index (χ0v) is 18.2. The standard InChI is InChI=1S/C22H34F2N4O3/c1-25-22(26-10-4-12-30-16-17-8-13-29-14-9-17)27-18-7-11-28(15-18)19-5-2-3-6-20(19)31-21(23)24/h2-3,5-6,17-18,21H,4,7-16H2,1H3,(H2,25,26,27). The summed E-state index contributed by atoms with van der Waals surface area (Å²) in [6.45, 7) is 2.62. The van der Waals surface area contributed by atoms with Crippen molar-refractivity contribution in [1.82, 2.24) is 10.6 Å². The summed E-state index contributed by atoms with van der Waals surface area (Å²) in [4.78, 5) is 6.36. The van der Waals surface area contributed by atoms with Gasteiger partial charge in [-0.15, -0.1) is 0 Å². The molecule has 2 aliphatic rings. The smallest absolute Gasteiger partial charge is 0.387 e. The molecule has 2 saturated heterocycles. The molecule has 7 nitrogen and oxygen atoms in total. The second-order valence-electron chi connectivity index (χ2n) is 7.91. The van der Waals surface area contributed by atoms with Gasteiger partial charge in [-0.05, 0) is 43.7 Å². The number of hydrogen-bond acceptors (Lipinski definition) is 5. The van der Waals surface area contributed by atoms with Crippen molar-refractivity contribution in [2.45, 2.75) is 38.3 Å². The number of nitrogens with one attached hydrogen (secondary N) is 2. The van der Waals surface area contributed by atoms with Crippen molar-refractivity contribution in [3.05, 3.63) is 24.3 Å². The average molecular weight is 441 g/mol. The first-order valence-electron chi connectivity index (χ1n) is 11.1. The number of nitrogens with zero attached hydrogens (tertiary/aromatic N) is 2. The predicted octanol–water partition coefficient (Wildman–Crippen LogP) is 2.87. The lowest BCUT2D eigenvalue weighted by Gasteiger charge is -2.23. The molecule has 0 aromatic heterocycles. The van der Waals surface area contributed by atoms with E-state index in [9.17, 15) is 8.78 Å². The van der Waals surface area contributed by atoms with Gasteiger partial charge in [0.2, 0.25) is 0 Å². The van der Waals surface area contributed by atoms with Crippen molar-refractivity contribution in [2.24, 2.45) is 10.9 Å². The third-order valence-electron chi connectivity index (χ3n) is 5.63. The highest BCUT2D eigenvalue weighted by Crippen LogP contribution is 2.31. The van der Waals surface area contributed by atoms with Crippen LogP contribution in [-0.4, -0.2) is 71.7 Å². The molecule has 1 aromatic carbocycles. The van der Waals surface area contributed by atoms with Crippen molar-refractivity contribution in [1.29, 1.82) is 0 Å². The molecule has 1 aromatic rings. The van der Waals surface area contributed by atoms with Gasteiger partial charge in [-0.1, -0.05) is 12.1 Å². The van der Waals surface area contributed by atoms with Gasteiger partial charge in [0.1, 0.15) is 5.75 Å². The van der Waals surface area contributed by atoms with Crippen LogP contribution in [0.25, 0.3) is 0 Å². The normalized spacial score (nSPS) is 20.3. The third-order valence-corrected chi connectivity index (χ3v) is 5.63. The maximum atomic E-state index is 12.7. The van der Waals surface area contributed by atoms with Crippen LogP contribution in [0.3, 0.4) is 0 Å². The number of benzene rings is 1. The van der Waals surface area contributed by atoms with E-state index in [2.05, 4.69) is 25.3 Å². The van der Waals surface area contributed by atoms with Crippen LogP contribution in [0.5, 0.6) is 5.75 Å². The number of hydrogen-bond donors (Lipinski definition) is 2. The molecule has 2 aliphatic heterocycles. The van der Waals surface area contributed by atoms with E-state index in [-0.39, 0.29) is 11.8 Å². The van der Waals surface area contributed by atoms with Gasteiger partial charge >= 0.3 is 6.61 Å². The zero-order valence-electron chi connectivity index (χ0n) is 18.2. The van der Waals surface area contributed by atoms with E-state index in [0.717, 1.165) is 71.2 Å². The molecule has 3 rings (SSSR count). The first-order valence-corrected chi connectivity index (χ1v) is 11.1. The van der Waals surface area contributed by atoms with Crippen molar-refractivity contribution in [3.63, 3.8) is 0 Å².